The van der Waals surface area contributed by atoms with Crippen molar-refractivity contribution in [3.8, 4) is 0 Å². The molecule has 0 heterocycles. The number of fused-ring (bicyclic) bond motifs is 1. The van der Waals surface area contributed by atoms with Crippen LogP contribution in [0.15, 0.2) is 42.5 Å². The third kappa shape index (κ3) is 3.00. The lowest BCUT2D eigenvalue weighted by Crippen LogP contribution is -2.11. The van der Waals surface area contributed by atoms with E-state index in [1.165, 1.54) is 51.6 Å². The first-order valence-electron chi connectivity index (χ1n) is 7.37. The van der Waals surface area contributed by atoms with E-state index >= 15 is 0 Å². The van der Waals surface area contributed by atoms with Gasteiger partial charge in [0, 0.05) is 15.3 Å². The molecular formula is C18H20IN. The van der Waals surface area contributed by atoms with Gasteiger partial charge in [-0.3, -0.25) is 0 Å². The molecule has 0 spiro atoms. The van der Waals surface area contributed by atoms with E-state index in [0.29, 0.717) is 6.04 Å². The number of halogens is 1. The van der Waals surface area contributed by atoms with E-state index in [-0.39, 0.29) is 0 Å². The van der Waals surface area contributed by atoms with Crippen molar-refractivity contribution in [3.63, 3.8) is 0 Å². The van der Waals surface area contributed by atoms with Crippen molar-refractivity contribution in [2.75, 3.05) is 5.32 Å². The van der Waals surface area contributed by atoms with E-state index < -0.39 is 0 Å². The molecule has 0 radical (unpaired) electrons. The zero-order valence-electron chi connectivity index (χ0n) is 11.8. The molecule has 0 amide bonds. The number of anilines is 1. The second kappa shape index (κ2) is 6.17. The summed E-state index contributed by atoms with van der Waals surface area (Å²) in [6.45, 7) is 2.24. The summed E-state index contributed by atoms with van der Waals surface area (Å²) in [6.07, 6.45) is 5.12. The molecule has 2 aromatic rings. The van der Waals surface area contributed by atoms with Crippen molar-refractivity contribution < 1.29 is 0 Å². The third-order valence-corrected chi connectivity index (χ3v) is 4.86. The molecule has 1 nitrogen and oxygen atoms in total. The van der Waals surface area contributed by atoms with E-state index in [1.807, 2.05) is 0 Å². The molecule has 2 aromatic carbocycles. The minimum atomic E-state index is 0.348. The smallest absolute Gasteiger partial charge is 0.0485 e. The number of aryl methyl sites for hydroxylation is 1. The lowest BCUT2D eigenvalue weighted by atomic mass is 9.90. The number of rotatable bonds is 3. The molecule has 0 bridgehead atoms. The molecular weight excluding hydrogens is 357 g/mol. The van der Waals surface area contributed by atoms with Crippen LogP contribution in [0.2, 0.25) is 0 Å². The van der Waals surface area contributed by atoms with Gasteiger partial charge < -0.3 is 5.32 Å². The van der Waals surface area contributed by atoms with E-state index in [0.717, 1.165) is 0 Å². The molecule has 1 atom stereocenters. The van der Waals surface area contributed by atoms with Gasteiger partial charge in [-0.15, -0.1) is 0 Å². The van der Waals surface area contributed by atoms with Crippen LogP contribution in [0.1, 0.15) is 42.5 Å². The van der Waals surface area contributed by atoms with Gasteiger partial charge in [0.25, 0.3) is 0 Å². The van der Waals surface area contributed by atoms with E-state index in [4.69, 9.17) is 0 Å². The molecule has 0 fully saturated rings. The summed E-state index contributed by atoms with van der Waals surface area (Å²) < 4.78 is 1.29. The van der Waals surface area contributed by atoms with Gasteiger partial charge in [-0.05, 0) is 90.1 Å². The van der Waals surface area contributed by atoms with Gasteiger partial charge in [0.2, 0.25) is 0 Å². The largest absolute Gasteiger partial charge is 0.378 e. The van der Waals surface area contributed by atoms with Gasteiger partial charge >= 0.3 is 0 Å². The van der Waals surface area contributed by atoms with Gasteiger partial charge in [0.1, 0.15) is 0 Å². The molecule has 2 heteroatoms. The maximum atomic E-state index is 3.70. The van der Waals surface area contributed by atoms with Crippen molar-refractivity contribution in [3.05, 3.63) is 62.7 Å². The predicted molar refractivity (Wildman–Crippen MR) is 94.3 cm³/mol. The highest BCUT2D eigenvalue weighted by Gasteiger charge is 2.14. The van der Waals surface area contributed by atoms with Crippen LogP contribution in [0.4, 0.5) is 5.69 Å². The van der Waals surface area contributed by atoms with Crippen LogP contribution in [-0.2, 0) is 12.8 Å². The Morgan fingerprint density at radius 2 is 1.75 bits per heavy atom. The van der Waals surface area contributed by atoms with E-state index in [1.54, 1.807) is 0 Å². The summed E-state index contributed by atoms with van der Waals surface area (Å²) in [4.78, 5) is 0. The Kier molecular flexibility index (Phi) is 4.29. The third-order valence-electron chi connectivity index (χ3n) is 4.14. The molecule has 0 aliphatic heterocycles. The van der Waals surface area contributed by atoms with Crippen molar-refractivity contribution in [2.24, 2.45) is 0 Å². The first kappa shape index (κ1) is 13.9. The molecule has 1 unspecified atom stereocenters. The minimum Gasteiger partial charge on any atom is -0.378 e. The van der Waals surface area contributed by atoms with Crippen LogP contribution < -0.4 is 5.32 Å². The summed E-state index contributed by atoms with van der Waals surface area (Å²) >= 11 is 2.35. The van der Waals surface area contributed by atoms with Crippen LogP contribution >= 0.6 is 22.6 Å². The molecule has 3 rings (SSSR count). The number of nitrogens with one attached hydrogen (secondary N) is 1. The fourth-order valence-electron chi connectivity index (χ4n) is 2.98. The van der Waals surface area contributed by atoms with E-state index in [9.17, 15) is 0 Å². The summed E-state index contributed by atoms with van der Waals surface area (Å²) in [5.74, 6) is 0. The number of hydrogen-bond acceptors (Lipinski definition) is 1. The van der Waals surface area contributed by atoms with Gasteiger partial charge in [0.05, 0.1) is 0 Å². The molecule has 20 heavy (non-hydrogen) atoms. The van der Waals surface area contributed by atoms with E-state index in [2.05, 4.69) is 77.3 Å². The average molecular weight is 377 g/mol. The topological polar surface area (TPSA) is 12.0 Å². The van der Waals surface area contributed by atoms with Crippen molar-refractivity contribution >= 4 is 28.3 Å². The van der Waals surface area contributed by atoms with Gasteiger partial charge in [-0.1, -0.05) is 24.3 Å². The molecule has 1 N–H and O–H groups in total. The highest BCUT2D eigenvalue weighted by Crippen LogP contribution is 2.30. The maximum Gasteiger partial charge on any atom is 0.0485 e. The van der Waals surface area contributed by atoms with Crippen LogP contribution in [0.3, 0.4) is 0 Å². The Bertz CT molecular complexity index is 589. The lowest BCUT2D eigenvalue weighted by molar-refractivity contribution is 0.685. The summed E-state index contributed by atoms with van der Waals surface area (Å²) in [7, 11) is 0. The predicted octanol–water partition coefficient (Wildman–Crippen LogP) is 5.34. The number of hydrogen-bond donors (Lipinski definition) is 1. The highest BCUT2D eigenvalue weighted by molar-refractivity contribution is 14.1. The van der Waals surface area contributed by atoms with Crippen LogP contribution in [0, 0.1) is 3.57 Å². The molecule has 1 aliphatic rings. The van der Waals surface area contributed by atoms with Gasteiger partial charge in [-0.2, -0.15) is 0 Å². The second-order valence-corrected chi connectivity index (χ2v) is 6.81. The second-order valence-electron chi connectivity index (χ2n) is 5.57. The lowest BCUT2D eigenvalue weighted by Gasteiger charge is -2.23. The Morgan fingerprint density at radius 1 is 1.00 bits per heavy atom. The highest BCUT2D eigenvalue weighted by atomic mass is 127. The first-order valence-corrected chi connectivity index (χ1v) is 8.44. The first-order chi connectivity index (χ1) is 9.74. The zero-order chi connectivity index (χ0) is 13.9. The summed E-state index contributed by atoms with van der Waals surface area (Å²) in [5, 5.41) is 3.70. The quantitative estimate of drug-likeness (QED) is 0.712. The van der Waals surface area contributed by atoms with Crippen molar-refractivity contribution in [2.45, 2.75) is 38.6 Å². The fourth-order valence-corrected chi connectivity index (χ4v) is 3.34. The molecule has 104 valence electrons. The van der Waals surface area contributed by atoms with Gasteiger partial charge in [-0.25, -0.2) is 0 Å². The fraction of sp³-hybridized carbons (Fsp3) is 0.333. The Hall–Kier alpha value is -1.03. The number of benzene rings is 2. The van der Waals surface area contributed by atoms with Crippen LogP contribution in [-0.4, -0.2) is 0 Å². The Labute approximate surface area is 134 Å². The standard InChI is InChI=1S/C18H20IN/c1-13(14-9-11-16(19)12-10-14)20-18-8-4-6-15-5-2-3-7-17(15)18/h4,6,8-13,20H,2-3,5,7H2,1H3. The minimum absolute atomic E-state index is 0.348. The molecule has 0 saturated carbocycles. The summed E-state index contributed by atoms with van der Waals surface area (Å²) in [6, 6.07) is 15.8. The normalized spacial score (nSPS) is 15.5. The van der Waals surface area contributed by atoms with Crippen molar-refractivity contribution in [1.29, 1.82) is 0 Å². The summed E-state index contributed by atoms with van der Waals surface area (Å²) in [5.41, 5.74) is 5.75. The van der Waals surface area contributed by atoms with Crippen LogP contribution in [0.25, 0.3) is 0 Å². The Balaban J connectivity index is 1.82. The SMILES string of the molecule is CC(Nc1cccc2c1CCCC2)c1ccc(I)cc1. The van der Waals surface area contributed by atoms with Crippen molar-refractivity contribution in [1.82, 2.24) is 0 Å². The maximum absolute atomic E-state index is 3.70. The zero-order valence-corrected chi connectivity index (χ0v) is 14.0. The molecule has 1 aliphatic carbocycles. The Morgan fingerprint density at radius 3 is 2.55 bits per heavy atom. The molecule has 0 saturated heterocycles. The van der Waals surface area contributed by atoms with Gasteiger partial charge in [0.15, 0.2) is 0 Å². The average Bonchev–Trinajstić information content (AvgIpc) is 2.48. The monoisotopic (exact) mass is 377 g/mol. The molecule has 0 aromatic heterocycles. The van der Waals surface area contributed by atoms with Crippen LogP contribution in [0.5, 0.6) is 0 Å².